The van der Waals surface area contributed by atoms with E-state index in [0.717, 1.165) is 0 Å². The second-order valence-corrected chi connectivity index (χ2v) is 6.80. The van der Waals surface area contributed by atoms with Crippen LogP contribution in [0.4, 0.5) is 48.3 Å². The van der Waals surface area contributed by atoms with Gasteiger partial charge in [-0.1, -0.05) is 27.7 Å². The first kappa shape index (κ1) is 21.4. The van der Waals surface area contributed by atoms with E-state index >= 15 is 0 Å². The number of halogens is 12. The Morgan fingerprint density at radius 1 is 0.857 bits per heavy atom. The lowest BCUT2D eigenvalue weighted by Crippen LogP contribution is -2.50. The zero-order chi connectivity index (χ0) is 17.3. The van der Waals surface area contributed by atoms with Crippen molar-refractivity contribution in [3.63, 3.8) is 0 Å². The minimum Gasteiger partial charge on any atom is -0.225 e. The molecule has 0 saturated carbocycles. The summed E-state index contributed by atoms with van der Waals surface area (Å²) in [6, 6.07) is 0. The molecule has 0 aromatic heterocycles. The third kappa shape index (κ3) is 5.52. The summed E-state index contributed by atoms with van der Waals surface area (Å²) in [5, 5.41) is -6.63. The van der Waals surface area contributed by atoms with E-state index in [1.807, 2.05) is 0 Å². The van der Waals surface area contributed by atoms with Gasteiger partial charge in [0.05, 0.1) is 4.58 Å². The molecule has 0 aliphatic heterocycles. The van der Waals surface area contributed by atoms with E-state index < -0.39 is 62.5 Å². The van der Waals surface area contributed by atoms with Crippen LogP contribution < -0.4 is 0 Å². The normalized spacial score (nSPS) is 17.7. The summed E-state index contributed by atoms with van der Waals surface area (Å²) in [7, 11) is 0. The SMILES string of the molecule is FC(SC(CBr)SC(F)(F)C(F)(F)C(F)(F)F)C(F)(F)F. The average molecular weight is 441 g/mol. The Kier molecular flexibility index (Phi) is 7.02. The fraction of sp³-hybridized carbons (Fsp3) is 1.00. The van der Waals surface area contributed by atoms with Crippen molar-refractivity contribution in [2.24, 2.45) is 0 Å². The molecule has 0 saturated heterocycles. The molecule has 0 spiro atoms. The van der Waals surface area contributed by atoms with E-state index in [2.05, 4.69) is 15.9 Å². The van der Waals surface area contributed by atoms with Gasteiger partial charge in [-0.15, -0.1) is 11.8 Å². The van der Waals surface area contributed by atoms with Gasteiger partial charge in [0.2, 0.25) is 5.50 Å². The van der Waals surface area contributed by atoms with Crippen LogP contribution >= 0.6 is 39.5 Å². The van der Waals surface area contributed by atoms with Gasteiger partial charge in [0.25, 0.3) is 0 Å². The van der Waals surface area contributed by atoms with E-state index in [4.69, 9.17) is 0 Å². The third-order valence-electron chi connectivity index (χ3n) is 1.66. The molecule has 0 heterocycles. The molecular formula is C7H4BrF11S2. The summed E-state index contributed by atoms with van der Waals surface area (Å²) in [6.45, 7) is 0. The number of thioether (sulfide) groups is 2. The maximum atomic E-state index is 12.9. The standard InChI is InChI=1S/C7H4BrF11S2/c8-1-2(20-3(9)4(10,11)12)21-7(18,19)5(13,14)6(15,16)17/h2-3H,1H2. The Labute approximate surface area is 127 Å². The highest BCUT2D eigenvalue weighted by atomic mass is 79.9. The fourth-order valence-corrected chi connectivity index (χ4v) is 3.59. The molecule has 0 aromatic carbocycles. The minimum atomic E-state index is -6.61. The zero-order valence-corrected chi connectivity index (χ0v) is 12.4. The van der Waals surface area contributed by atoms with Crippen molar-refractivity contribution in [1.29, 1.82) is 0 Å². The van der Waals surface area contributed by atoms with Crippen LogP contribution in [0.3, 0.4) is 0 Å². The Hall–Kier alpha value is 0.410. The molecule has 0 fully saturated rings. The van der Waals surface area contributed by atoms with Crippen LogP contribution in [-0.4, -0.2) is 38.9 Å². The van der Waals surface area contributed by atoms with Gasteiger partial charge in [-0.05, 0) is 0 Å². The molecule has 2 unspecified atom stereocenters. The van der Waals surface area contributed by atoms with Gasteiger partial charge < -0.3 is 0 Å². The molecular weight excluding hydrogens is 437 g/mol. The van der Waals surface area contributed by atoms with Crippen LogP contribution in [-0.2, 0) is 0 Å². The van der Waals surface area contributed by atoms with Gasteiger partial charge in [-0.25, -0.2) is 4.39 Å². The summed E-state index contributed by atoms with van der Waals surface area (Å²) in [4.78, 5) is 0. The topological polar surface area (TPSA) is 0 Å². The van der Waals surface area contributed by atoms with Crippen LogP contribution in [0.15, 0.2) is 0 Å². The number of hydrogen-bond donors (Lipinski definition) is 0. The maximum absolute atomic E-state index is 12.9. The first-order chi connectivity index (χ1) is 9.06. The van der Waals surface area contributed by atoms with E-state index in [0.29, 0.717) is 0 Å². The largest absolute Gasteiger partial charge is 0.460 e. The van der Waals surface area contributed by atoms with Crippen LogP contribution in [0.25, 0.3) is 0 Å². The maximum Gasteiger partial charge on any atom is 0.460 e. The molecule has 21 heavy (non-hydrogen) atoms. The summed E-state index contributed by atoms with van der Waals surface area (Å²) < 4.78 is 132. The summed E-state index contributed by atoms with van der Waals surface area (Å²) in [5.74, 6) is -6.48. The Morgan fingerprint density at radius 3 is 1.57 bits per heavy atom. The van der Waals surface area contributed by atoms with Crippen molar-refractivity contribution in [3.8, 4) is 0 Å². The molecule has 0 N–H and O–H groups in total. The Bertz CT molecular complexity index is 338. The fourth-order valence-electron chi connectivity index (χ4n) is 0.710. The van der Waals surface area contributed by atoms with Crippen molar-refractivity contribution >= 4 is 39.5 Å². The molecule has 128 valence electrons. The molecule has 0 bridgehead atoms. The van der Waals surface area contributed by atoms with Gasteiger partial charge in [-0.3, -0.25) is 0 Å². The van der Waals surface area contributed by atoms with Gasteiger partial charge in [0, 0.05) is 5.33 Å². The second kappa shape index (κ2) is 6.89. The van der Waals surface area contributed by atoms with Crippen LogP contribution in [0.2, 0.25) is 0 Å². The Balaban J connectivity index is 5.05. The average Bonchev–Trinajstić information content (AvgIpc) is 2.24. The number of hydrogen-bond acceptors (Lipinski definition) is 2. The van der Waals surface area contributed by atoms with Crippen LogP contribution in [0, 0.1) is 0 Å². The first-order valence-electron chi connectivity index (χ1n) is 4.48. The second-order valence-electron chi connectivity index (χ2n) is 3.28. The van der Waals surface area contributed by atoms with Crippen molar-refractivity contribution < 1.29 is 48.3 Å². The van der Waals surface area contributed by atoms with E-state index in [9.17, 15) is 48.3 Å². The number of rotatable bonds is 6. The molecule has 0 aliphatic carbocycles. The predicted molar refractivity (Wildman–Crippen MR) is 59.7 cm³/mol. The lowest BCUT2D eigenvalue weighted by Gasteiger charge is -2.30. The predicted octanol–water partition coefficient (Wildman–Crippen LogP) is 5.82. The smallest absolute Gasteiger partial charge is 0.225 e. The highest BCUT2D eigenvalue weighted by molar-refractivity contribution is 9.09. The van der Waals surface area contributed by atoms with E-state index in [1.165, 1.54) is 0 Å². The molecule has 0 amide bonds. The lowest BCUT2D eigenvalue weighted by molar-refractivity contribution is -0.330. The quantitative estimate of drug-likeness (QED) is 0.290. The molecule has 2 atom stereocenters. The van der Waals surface area contributed by atoms with Crippen molar-refractivity contribution in [2.75, 3.05) is 5.33 Å². The molecule has 0 radical (unpaired) electrons. The minimum absolute atomic E-state index is 0.851. The van der Waals surface area contributed by atoms with Crippen LogP contribution in [0.5, 0.6) is 0 Å². The summed E-state index contributed by atoms with van der Waals surface area (Å²) in [5.41, 5.74) is -3.71. The highest BCUT2D eigenvalue weighted by Crippen LogP contribution is 2.55. The van der Waals surface area contributed by atoms with Crippen LogP contribution in [0.1, 0.15) is 0 Å². The summed E-state index contributed by atoms with van der Waals surface area (Å²) >= 11 is 0.0928. The lowest BCUT2D eigenvalue weighted by atomic mass is 10.3. The van der Waals surface area contributed by atoms with Gasteiger partial charge >= 0.3 is 23.5 Å². The number of alkyl halides is 12. The molecule has 0 nitrogen and oxygen atoms in total. The monoisotopic (exact) mass is 440 g/mol. The molecule has 14 heteroatoms. The van der Waals surface area contributed by atoms with Gasteiger partial charge in [0.1, 0.15) is 0 Å². The van der Waals surface area contributed by atoms with Crippen molar-refractivity contribution in [1.82, 2.24) is 0 Å². The first-order valence-corrected chi connectivity index (χ1v) is 7.43. The van der Waals surface area contributed by atoms with Crippen molar-refractivity contribution in [2.45, 2.75) is 33.6 Å². The summed E-state index contributed by atoms with van der Waals surface area (Å²) in [6.07, 6.45) is -12.1. The van der Waals surface area contributed by atoms with Gasteiger partial charge in [-0.2, -0.15) is 43.9 Å². The molecule has 0 aromatic rings. The van der Waals surface area contributed by atoms with E-state index in [-0.39, 0.29) is 0 Å². The molecule has 0 rings (SSSR count). The zero-order valence-electron chi connectivity index (χ0n) is 9.21. The highest BCUT2D eigenvalue weighted by Gasteiger charge is 2.73. The third-order valence-corrected chi connectivity index (χ3v) is 5.74. The van der Waals surface area contributed by atoms with Gasteiger partial charge in [0.15, 0.2) is 0 Å². The molecule has 0 aliphatic rings. The Morgan fingerprint density at radius 2 is 1.29 bits per heavy atom. The van der Waals surface area contributed by atoms with E-state index in [1.54, 1.807) is 0 Å². The van der Waals surface area contributed by atoms with Crippen molar-refractivity contribution in [3.05, 3.63) is 0 Å².